The number of hydrogen-bond acceptors (Lipinski definition) is 4. The maximum absolute atomic E-state index is 12.2. The first-order chi connectivity index (χ1) is 9.20. The van der Waals surface area contributed by atoms with Crippen LogP contribution in [0.4, 0.5) is 0 Å². The van der Waals surface area contributed by atoms with Gasteiger partial charge in [0.25, 0.3) is 0 Å². The molecule has 0 atom stereocenters. The molecule has 0 saturated heterocycles. The van der Waals surface area contributed by atoms with Gasteiger partial charge in [-0.3, -0.25) is 10.5 Å². The van der Waals surface area contributed by atoms with E-state index in [1.54, 1.807) is 36.4 Å². The summed E-state index contributed by atoms with van der Waals surface area (Å²) in [6.45, 7) is 0. The predicted octanol–water partition coefficient (Wildman–Crippen LogP) is 2.24. The Morgan fingerprint density at radius 1 is 0.789 bits per heavy atom. The molecule has 0 radical (unpaired) electrons. The molecule has 0 saturated carbocycles. The van der Waals surface area contributed by atoms with Crippen LogP contribution in [0, 0.1) is 0 Å². The number of ketones is 1. The van der Waals surface area contributed by atoms with E-state index in [4.69, 9.17) is 10.5 Å². The molecule has 0 fully saturated rings. The Balaban J connectivity index is 0.000000861. The van der Waals surface area contributed by atoms with Gasteiger partial charge in [0.05, 0.1) is 0 Å². The molecule has 2 aromatic carbocycles. The second-order valence-corrected chi connectivity index (χ2v) is 4.71. The van der Waals surface area contributed by atoms with E-state index in [0.29, 0.717) is 44.6 Å². The van der Waals surface area contributed by atoms with E-state index in [9.17, 15) is 9.59 Å². The minimum atomic E-state index is -0.0922. The van der Waals surface area contributed by atoms with Crippen LogP contribution >= 0.6 is 0 Å². The topological polar surface area (TPSA) is 74.6 Å². The zero-order valence-electron chi connectivity index (χ0n) is 10.4. The Morgan fingerprint density at radius 2 is 1.26 bits per heavy atom. The maximum Gasteiger partial charge on any atom is -0.255 e. The van der Waals surface area contributed by atoms with Gasteiger partial charge in [0, 0.05) is 0 Å². The summed E-state index contributed by atoms with van der Waals surface area (Å²) >= 11 is 0.422. The van der Waals surface area contributed by atoms with Crippen LogP contribution in [0.2, 0.25) is 0 Å². The molecule has 2 aromatic rings. The van der Waals surface area contributed by atoms with Crippen LogP contribution in [0.3, 0.4) is 0 Å². The van der Waals surface area contributed by atoms with Crippen molar-refractivity contribution in [2.75, 3.05) is 0 Å². The molecule has 0 aliphatic heterocycles. The molecule has 0 aliphatic carbocycles. The van der Waals surface area contributed by atoms with Crippen molar-refractivity contribution in [3.63, 3.8) is 0 Å². The predicted molar refractivity (Wildman–Crippen MR) is 71.7 cm³/mol. The molecule has 2 rings (SSSR count). The van der Waals surface area contributed by atoms with Gasteiger partial charge >= 0.3 is 118 Å². The third-order valence-corrected chi connectivity index (χ3v) is 3.13. The number of benzene rings is 2. The number of carbonyl (C=O) groups excluding carboxylic acids is 2. The molecule has 0 bridgehead atoms. The number of hydrogen-bond donors (Lipinski definition) is 2. The summed E-state index contributed by atoms with van der Waals surface area (Å²) in [6.07, 6.45) is 0. The largest absolute Gasteiger partial charge is 0.255 e. The van der Waals surface area contributed by atoms with Gasteiger partial charge in [-0.05, 0) is 0 Å². The fourth-order valence-electron chi connectivity index (χ4n) is 1.73. The first-order valence-corrected chi connectivity index (χ1v) is 6.60. The van der Waals surface area contributed by atoms with E-state index >= 15 is 0 Å². The smallest absolute Gasteiger partial charge is 0.255 e. The molecule has 0 aliphatic rings. The maximum atomic E-state index is 12.2. The Labute approximate surface area is 128 Å². The molecule has 0 aromatic heterocycles. The molecule has 0 amide bonds. The minimum Gasteiger partial charge on any atom is -0.255 e. The van der Waals surface area contributed by atoms with Gasteiger partial charge in [-0.15, -0.1) is 0 Å². The van der Waals surface area contributed by atoms with Gasteiger partial charge in [0.1, 0.15) is 0 Å². The first-order valence-electron chi connectivity index (χ1n) is 5.60. The van der Waals surface area contributed by atoms with Crippen LogP contribution in [0.25, 0.3) is 0 Å². The van der Waals surface area contributed by atoms with Crippen LogP contribution in [-0.2, 0) is 0 Å². The summed E-state index contributed by atoms with van der Waals surface area (Å²) < 4.78 is 0.0462. The van der Waals surface area contributed by atoms with Crippen molar-refractivity contribution in [1.29, 1.82) is 0 Å². The zero-order chi connectivity index (χ0) is 14.3. The van der Waals surface area contributed by atoms with Crippen molar-refractivity contribution in [3.8, 4) is 0 Å². The Hall–Kier alpha value is -1.30. The normalized spacial score (nSPS) is 9.26. The van der Waals surface area contributed by atoms with E-state index in [0.717, 1.165) is 0 Å². The summed E-state index contributed by atoms with van der Waals surface area (Å²) in [6, 6.07) is 16.0. The first kappa shape index (κ1) is 15.8. The van der Waals surface area contributed by atoms with Crippen molar-refractivity contribution >= 4 is 36.7 Å². The molecule has 0 spiro atoms. The van der Waals surface area contributed by atoms with E-state index in [1.807, 2.05) is 18.2 Å². The third kappa shape index (κ3) is 4.09. The van der Waals surface area contributed by atoms with Crippen molar-refractivity contribution in [3.05, 3.63) is 71.3 Å². The van der Waals surface area contributed by atoms with Crippen molar-refractivity contribution in [2.24, 2.45) is 0 Å². The molecule has 4 nitrogen and oxygen atoms in total. The Kier molecular flexibility index (Phi) is 6.62. The third-order valence-electron chi connectivity index (χ3n) is 2.59. The van der Waals surface area contributed by atoms with Gasteiger partial charge in [-0.2, -0.15) is 0 Å². The molecule has 2 N–H and O–H groups in total. The van der Waals surface area contributed by atoms with E-state index in [1.165, 1.54) is 0 Å². The molecule has 19 heavy (non-hydrogen) atoms. The summed E-state index contributed by atoms with van der Waals surface area (Å²) in [5.41, 5.74) is 1.65. The molecular formula is C14H11NaO4. The van der Waals surface area contributed by atoms with Crippen LogP contribution in [0.5, 0.6) is 0 Å². The SMILES string of the molecule is O=[C]([Na])c1ccccc1C(=O)c1ccccc1.OO. The minimum absolute atomic E-state index is 0.0462. The molecule has 5 heteroatoms. The van der Waals surface area contributed by atoms with Gasteiger partial charge in [0.2, 0.25) is 0 Å². The second-order valence-electron chi connectivity index (χ2n) is 3.80. The molecular weight excluding hydrogens is 255 g/mol. The average molecular weight is 266 g/mol. The van der Waals surface area contributed by atoms with E-state index in [-0.39, 0.29) is 8.82 Å². The van der Waals surface area contributed by atoms with Gasteiger partial charge < -0.3 is 0 Å². The summed E-state index contributed by atoms with van der Waals surface area (Å²) in [5.74, 6) is -0.0922. The van der Waals surface area contributed by atoms with Crippen molar-refractivity contribution in [1.82, 2.24) is 0 Å². The van der Waals surface area contributed by atoms with Crippen LogP contribution in [0.1, 0.15) is 26.3 Å². The molecule has 0 heterocycles. The van der Waals surface area contributed by atoms with Gasteiger partial charge in [-0.25, -0.2) is 0 Å². The molecule has 92 valence electrons. The summed E-state index contributed by atoms with van der Waals surface area (Å²) in [4.78, 5) is 23.7. The fourth-order valence-corrected chi connectivity index (χ4v) is 2.17. The van der Waals surface area contributed by atoms with Crippen LogP contribution in [-0.4, -0.2) is 47.3 Å². The monoisotopic (exact) mass is 266 g/mol. The van der Waals surface area contributed by atoms with E-state index < -0.39 is 0 Å². The number of carbonyl (C=O) groups is 2. The van der Waals surface area contributed by atoms with E-state index in [2.05, 4.69) is 0 Å². The summed E-state index contributed by atoms with van der Waals surface area (Å²) in [7, 11) is 0. The zero-order valence-corrected chi connectivity index (χ0v) is 12.4. The van der Waals surface area contributed by atoms with Gasteiger partial charge in [-0.1, -0.05) is 0 Å². The number of rotatable bonds is 3. The Bertz CT molecular complexity index is 567. The fraction of sp³-hybridized carbons (Fsp3) is 0. The van der Waals surface area contributed by atoms with Gasteiger partial charge in [0.15, 0.2) is 0 Å². The van der Waals surface area contributed by atoms with Crippen molar-refractivity contribution < 1.29 is 20.1 Å². The summed E-state index contributed by atoms with van der Waals surface area (Å²) in [5, 5.41) is 12.0. The Morgan fingerprint density at radius 3 is 1.79 bits per heavy atom. The average Bonchev–Trinajstić information content (AvgIpc) is 2.49. The van der Waals surface area contributed by atoms with Crippen molar-refractivity contribution in [2.45, 2.75) is 0 Å². The molecule has 0 unspecified atom stereocenters. The van der Waals surface area contributed by atoms with Crippen LogP contribution in [0.15, 0.2) is 54.6 Å². The van der Waals surface area contributed by atoms with Crippen LogP contribution < -0.4 is 0 Å². The second kappa shape index (κ2) is 7.99. The standard InChI is InChI=1S/C14H9O2.Na.H2O2/c15-10-12-8-4-5-9-13(12)14(16)11-6-2-1-3-7-11;;1-2/h1-9H;;1-2H. The quantitative estimate of drug-likeness (QED) is 0.386.